The summed E-state index contributed by atoms with van der Waals surface area (Å²) in [6, 6.07) is 0.982. The number of amides is 1. The molecule has 2 rings (SSSR count). The summed E-state index contributed by atoms with van der Waals surface area (Å²) in [5.41, 5.74) is 5.60. The van der Waals surface area contributed by atoms with E-state index in [0.29, 0.717) is 6.04 Å². The first-order valence-corrected chi connectivity index (χ1v) is 5.86. The lowest BCUT2D eigenvalue weighted by atomic mass is 10.2. The molecule has 0 aromatic carbocycles. The molecule has 1 amide bonds. The Hall–Kier alpha value is -0.610. The maximum Gasteiger partial charge on any atom is 0.239 e. The molecule has 15 heavy (non-hydrogen) atoms. The van der Waals surface area contributed by atoms with Crippen LogP contribution in [0.25, 0.3) is 0 Å². The van der Waals surface area contributed by atoms with Gasteiger partial charge in [-0.25, -0.2) is 0 Å². The van der Waals surface area contributed by atoms with Crippen molar-refractivity contribution in [2.24, 2.45) is 5.73 Å². The van der Waals surface area contributed by atoms with Crippen molar-refractivity contribution in [3.05, 3.63) is 0 Å². The Morgan fingerprint density at radius 3 is 2.60 bits per heavy atom. The lowest BCUT2D eigenvalue weighted by Gasteiger charge is -2.24. The van der Waals surface area contributed by atoms with Gasteiger partial charge in [0.15, 0.2) is 0 Å². The van der Waals surface area contributed by atoms with E-state index in [1.807, 2.05) is 4.90 Å². The van der Waals surface area contributed by atoms with Crippen LogP contribution in [-0.4, -0.2) is 54.0 Å². The lowest BCUT2D eigenvalue weighted by Crippen LogP contribution is -2.43. The number of carbonyl (C=O) groups is 1. The Bertz CT molecular complexity index is 250. The van der Waals surface area contributed by atoms with E-state index in [2.05, 4.69) is 11.9 Å². The van der Waals surface area contributed by atoms with Gasteiger partial charge in [0.05, 0.1) is 6.04 Å². The zero-order valence-electron chi connectivity index (χ0n) is 9.65. The largest absolute Gasteiger partial charge is 0.340 e. The van der Waals surface area contributed by atoms with E-state index in [1.165, 1.54) is 12.8 Å². The van der Waals surface area contributed by atoms with Gasteiger partial charge in [0.2, 0.25) is 5.91 Å². The Balaban J connectivity index is 1.85. The highest BCUT2D eigenvalue weighted by molar-refractivity contribution is 5.81. The molecule has 86 valence electrons. The van der Waals surface area contributed by atoms with E-state index in [-0.39, 0.29) is 11.9 Å². The number of nitrogens with zero attached hydrogens (tertiary/aromatic N) is 2. The molecule has 1 saturated carbocycles. The van der Waals surface area contributed by atoms with Crippen LogP contribution in [0, 0.1) is 0 Å². The number of hydrogen-bond acceptors (Lipinski definition) is 3. The summed E-state index contributed by atoms with van der Waals surface area (Å²) >= 11 is 0. The Morgan fingerprint density at radius 2 is 2.07 bits per heavy atom. The number of likely N-dealkylation sites (tertiary alicyclic amines) is 1. The van der Waals surface area contributed by atoms with Crippen LogP contribution in [0.4, 0.5) is 0 Å². The van der Waals surface area contributed by atoms with Gasteiger partial charge in [-0.3, -0.25) is 9.69 Å². The second kappa shape index (κ2) is 4.10. The minimum absolute atomic E-state index is 0.0988. The monoisotopic (exact) mass is 211 g/mol. The molecular weight excluding hydrogens is 190 g/mol. The first-order chi connectivity index (χ1) is 7.09. The molecule has 4 heteroatoms. The molecule has 1 aliphatic carbocycles. The third-order valence-corrected chi connectivity index (χ3v) is 3.56. The van der Waals surface area contributed by atoms with Crippen LogP contribution >= 0.6 is 0 Å². The summed E-state index contributed by atoms with van der Waals surface area (Å²) in [6.45, 7) is 3.51. The van der Waals surface area contributed by atoms with Crippen LogP contribution in [0.5, 0.6) is 0 Å². The number of hydrogen-bond donors (Lipinski definition) is 1. The van der Waals surface area contributed by atoms with E-state index < -0.39 is 0 Å². The predicted molar refractivity (Wildman–Crippen MR) is 59.4 cm³/mol. The zero-order chi connectivity index (χ0) is 11.0. The van der Waals surface area contributed by atoms with Gasteiger partial charge in [0.1, 0.15) is 0 Å². The smallest absolute Gasteiger partial charge is 0.239 e. The molecule has 2 N–H and O–H groups in total. The summed E-state index contributed by atoms with van der Waals surface area (Å²) in [7, 11) is 2.18. The highest BCUT2D eigenvalue weighted by Gasteiger charge is 2.36. The lowest BCUT2D eigenvalue weighted by molar-refractivity contribution is -0.131. The molecule has 4 nitrogen and oxygen atoms in total. The minimum atomic E-state index is -0.352. The summed E-state index contributed by atoms with van der Waals surface area (Å²) in [5.74, 6) is 0.0988. The van der Waals surface area contributed by atoms with Gasteiger partial charge in [0, 0.05) is 25.2 Å². The van der Waals surface area contributed by atoms with E-state index in [1.54, 1.807) is 6.92 Å². The van der Waals surface area contributed by atoms with Gasteiger partial charge < -0.3 is 10.6 Å². The fourth-order valence-electron chi connectivity index (χ4n) is 2.34. The normalized spacial score (nSPS) is 28.5. The van der Waals surface area contributed by atoms with Gasteiger partial charge in [0.25, 0.3) is 0 Å². The van der Waals surface area contributed by atoms with Crippen molar-refractivity contribution in [2.45, 2.75) is 44.3 Å². The second-order valence-corrected chi connectivity index (χ2v) is 4.91. The van der Waals surface area contributed by atoms with Crippen molar-refractivity contribution in [3.8, 4) is 0 Å². The topological polar surface area (TPSA) is 49.6 Å². The maximum atomic E-state index is 11.7. The van der Waals surface area contributed by atoms with Crippen LogP contribution in [0.3, 0.4) is 0 Å². The van der Waals surface area contributed by atoms with Gasteiger partial charge >= 0.3 is 0 Å². The third kappa shape index (κ3) is 2.32. The zero-order valence-corrected chi connectivity index (χ0v) is 9.65. The first-order valence-electron chi connectivity index (χ1n) is 5.86. The van der Waals surface area contributed by atoms with Crippen molar-refractivity contribution in [1.29, 1.82) is 0 Å². The SMILES string of the molecule is C[C@H](N)C(=O)N1CC[C@@H](N(C)C2CC2)C1. The molecule has 1 heterocycles. The van der Waals surface area contributed by atoms with Gasteiger partial charge in [-0.15, -0.1) is 0 Å². The van der Waals surface area contributed by atoms with Crippen LogP contribution in [0.1, 0.15) is 26.2 Å². The number of rotatable bonds is 3. The van der Waals surface area contributed by atoms with Crippen molar-refractivity contribution >= 4 is 5.91 Å². The molecule has 0 aromatic rings. The fourth-order valence-corrected chi connectivity index (χ4v) is 2.34. The van der Waals surface area contributed by atoms with Gasteiger partial charge in [-0.1, -0.05) is 0 Å². The number of nitrogens with two attached hydrogens (primary N) is 1. The number of likely N-dealkylation sites (N-methyl/N-ethyl adjacent to an activating group) is 1. The van der Waals surface area contributed by atoms with E-state index >= 15 is 0 Å². The summed E-state index contributed by atoms with van der Waals surface area (Å²) in [4.78, 5) is 16.0. The van der Waals surface area contributed by atoms with Crippen LogP contribution < -0.4 is 5.73 Å². The highest BCUT2D eigenvalue weighted by Crippen LogP contribution is 2.29. The average Bonchev–Trinajstić information content (AvgIpc) is 2.93. The highest BCUT2D eigenvalue weighted by atomic mass is 16.2. The third-order valence-electron chi connectivity index (χ3n) is 3.56. The minimum Gasteiger partial charge on any atom is -0.340 e. The molecular formula is C11H21N3O. The van der Waals surface area contributed by atoms with Crippen LogP contribution in [-0.2, 0) is 4.79 Å². The molecule has 0 unspecified atom stereocenters. The fraction of sp³-hybridized carbons (Fsp3) is 0.909. The van der Waals surface area contributed by atoms with E-state index in [9.17, 15) is 4.79 Å². The van der Waals surface area contributed by atoms with Crippen LogP contribution in [0.15, 0.2) is 0 Å². The Morgan fingerprint density at radius 1 is 1.40 bits per heavy atom. The molecule has 2 atom stereocenters. The van der Waals surface area contributed by atoms with E-state index in [4.69, 9.17) is 5.73 Å². The van der Waals surface area contributed by atoms with Gasteiger partial charge in [-0.05, 0) is 33.2 Å². The molecule has 2 fully saturated rings. The van der Waals surface area contributed by atoms with E-state index in [0.717, 1.165) is 25.6 Å². The summed E-state index contributed by atoms with van der Waals surface area (Å²) < 4.78 is 0. The molecule has 0 spiro atoms. The van der Waals surface area contributed by atoms with Crippen molar-refractivity contribution < 1.29 is 4.79 Å². The molecule has 0 aromatic heterocycles. The maximum absolute atomic E-state index is 11.7. The molecule has 2 aliphatic rings. The van der Waals surface area contributed by atoms with Gasteiger partial charge in [-0.2, -0.15) is 0 Å². The molecule has 1 saturated heterocycles. The molecule has 0 radical (unpaired) electrons. The van der Waals surface area contributed by atoms with Crippen LogP contribution in [0.2, 0.25) is 0 Å². The van der Waals surface area contributed by atoms with Crippen molar-refractivity contribution in [3.63, 3.8) is 0 Å². The number of carbonyl (C=O) groups excluding carboxylic acids is 1. The second-order valence-electron chi connectivity index (χ2n) is 4.91. The van der Waals surface area contributed by atoms with Crippen molar-refractivity contribution in [2.75, 3.05) is 20.1 Å². The average molecular weight is 211 g/mol. The first kappa shape index (κ1) is 10.9. The predicted octanol–water partition coefficient (Wildman–Crippen LogP) is 0.0287. The molecule has 0 bridgehead atoms. The molecule has 1 aliphatic heterocycles. The Kier molecular flexibility index (Phi) is 2.98. The standard InChI is InChI=1S/C11H21N3O/c1-8(12)11(15)14-6-5-10(7-14)13(2)9-3-4-9/h8-10H,3-7,12H2,1-2H3/t8-,10+/m0/s1. The summed E-state index contributed by atoms with van der Waals surface area (Å²) in [5, 5.41) is 0. The summed E-state index contributed by atoms with van der Waals surface area (Å²) in [6.07, 6.45) is 3.76. The van der Waals surface area contributed by atoms with Crippen molar-refractivity contribution in [1.82, 2.24) is 9.80 Å². The Labute approximate surface area is 91.4 Å². The quantitative estimate of drug-likeness (QED) is 0.716.